The molecule has 0 spiro atoms. The predicted molar refractivity (Wildman–Crippen MR) is 70.2 cm³/mol. The predicted octanol–water partition coefficient (Wildman–Crippen LogP) is 2.08. The molecule has 0 saturated carbocycles. The van der Waals surface area contributed by atoms with Crippen LogP contribution in [0.2, 0.25) is 0 Å². The third-order valence-electron chi connectivity index (χ3n) is 3.14. The van der Waals surface area contributed by atoms with Crippen LogP contribution in [0.15, 0.2) is 24.3 Å². The zero-order chi connectivity index (χ0) is 13.0. The van der Waals surface area contributed by atoms with Crippen LogP contribution in [0.1, 0.15) is 35.9 Å². The zero-order valence-electron chi connectivity index (χ0n) is 10.9. The third kappa shape index (κ3) is 2.59. The van der Waals surface area contributed by atoms with E-state index in [1.807, 2.05) is 16.8 Å². The minimum absolute atomic E-state index is 0.0386. The topological polar surface area (TPSA) is 50.9 Å². The highest BCUT2D eigenvalue weighted by Gasteiger charge is 2.11. The lowest BCUT2D eigenvalue weighted by Gasteiger charge is -2.08. The van der Waals surface area contributed by atoms with Crippen molar-refractivity contribution in [3.63, 3.8) is 0 Å². The zero-order valence-corrected chi connectivity index (χ0v) is 10.9. The summed E-state index contributed by atoms with van der Waals surface area (Å²) in [5.74, 6) is 0. The van der Waals surface area contributed by atoms with E-state index in [1.165, 1.54) is 11.1 Å². The van der Waals surface area contributed by atoms with Crippen molar-refractivity contribution in [2.45, 2.75) is 39.8 Å². The SMILES string of the molecule is CCCc1c(CO)nnn1Cc1ccccc1C. The molecule has 2 aromatic rings. The van der Waals surface area contributed by atoms with E-state index in [9.17, 15) is 5.11 Å². The van der Waals surface area contributed by atoms with Crippen molar-refractivity contribution in [2.75, 3.05) is 0 Å². The lowest BCUT2D eigenvalue weighted by atomic mass is 10.1. The van der Waals surface area contributed by atoms with Crippen molar-refractivity contribution in [3.8, 4) is 0 Å². The van der Waals surface area contributed by atoms with Gasteiger partial charge < -0.3 is 5.11 Å². The van der Waals surface area contributed by atoms with Crippen LogP contribution in [0.3, 0.4) is 0 Å². The maximum absolute atomic E-state index is 9.26. The summed E-state index contributed by atoms with van der Waals surface area (Å²) in [5, 5.41) is 17.5. The van der Waals surface area contributed by atoms with Crippen LogP contribution in [0.25, 0.3) is 0 Å². The maximum atomic E-state index is 9.26. The van der Waals surface area contributed by atoms with Crippen LogP contribution in [0.4, 0.5) is 0 Å². The Balaban J connectivity index is 2.29. The van der Waals surface area contributed by atoms with Crippen molar-refractivity contribution < 1.29 is 5.11 Å². The van der Waals surface area contributed by atoms with E-state index in [4.69, 9.17) is 0 Å². The molecule has 0 fully saturated rings. The first-order valence-electron chi connectivity index (χ1n) is 6.32. The quantitative estimate of drug-likeness (QED) is 0.877. The summed E-state index contributed by atoms with van der Waals surface area (Å²) in [7, 11) is 0. The van der Waals surface area contributed by atoms with Gasteiger partial charge in [-0.2, -0.15) is 0 Å². The summed E-state index contributed by atoms with van der Waals surface area (Å²) in [5.41, 5.74) is 4.24. The second kappa shape index (κ2) is 5.78. The smallest absolute Gasteiger partial charge is 0.111 e. The fourth-order valence-electron chi connectivity index (χ4n) is 2.08. The van der Waals surface area contributed by atoms with Crippen LogP contribution >= 0.6 is 0 Å². The average Bonchev–Trinajstić information content (AvgIpc) is 2.75. The fraction of sp³-hybridized carbons (Fsp3) is 0.429. The number of aliphatic hydroxyl groups is 1. The second-order valence-corrected chi connectivity index (χ2v) is 4.48. The monoisotopic (exact) mass is 245 g/mol. The Hall–Kier alpha value is -1.68. The number of aromatic nitrogens is 3. The first kappa shape index (κ1) is 12.8. The fourth-order valence-corrected chi connectivity index (χ4v) is 2.08. The van der Waals surface area contributed by atoms with Gasteiger partial charge in [-0.1, -0.05) is 42.8 Å². The molecule has 1 N–H and O–H groups in total. The number of aryl methyl sites for hydroxylation is 1. The Morgan fingerprint density at radius 2 is 2.06 bits per heavy atom. The Morgan fingerprint density at radius 1 is 1.28 bits per heavy atom. The molecular formula is C14H19N3O. The molecule has 4 heteroatoms. The van der Waals surface area contributed by atoms with Crippen LogP contribution < -0.4 is 0 Å². The molecule has 0 amide bonds. The van der Waals surface area contributed by atoms with E-state index >= 15 is 0 Å². The minimum atomic E-state index is -0.0386. The highest BCUT2D eigenvalue weighted by atomic mass is 16.3. The summed E-state index contributed by atoms with van der Waals surface area (Å²) in [6.07, 6.45) is 1.92. The van der Waals surface area contributed by atoms with Gasteiger partial charge in [0.15, 0.2) is 0 Å². The highest BCUT2D eigenvalue weighted by molar-refractivity contribution is 5.26. The number of hydrogen-bond acceptors (Lipinski definition) is 3. The molecule has 0 aliphatic heterocycles. The molecule has 1 aromatic carbocycles. The summed E-state index contributed by atoms with van der Waals surface area (Å²) >= 11 is 0. The Bertz CT molecular complexity index is 520. The maximum Gasteiger partial charge on any atom is 0.111 e. The molecule has 1 aromatic heterocycles. The molecule has 0 bridgehead atoms. The van der Waals surface area contributed by atoms with Gasteiger partial charge in [-0.3, -0.25) is 0 Å². The van der Waals surface area contributed by atoms with Crippen molar-refractivity contribution in [2.24, 2.45) is 0 Å². The first-order valence-corrected chi connectivity index (χ1v) is 6.32. The molecule has 1 heterocycles. The van der Waals surface area contributed by atoms with Crippen molar-refractivity contribution >= 4 is 0 Å². The summed E-state index contributed by atoms with van der Waals surface area (Å²) in [6, 6.07) is 8.27. The molecular weight excluding hydrogens is 226 g/mol. The molecule has 0 saturated heterocycles. The Morgan fingerprint density at radius 3 is 2.72 bits per heavy atom. The van der Waals surface area contributed by atoms with Gasteiger partial charge in [-0.05, 0) is 24.5 Å². The molecule has 96 valence electrons. The summed E-state index contributed by atoms with van der Waals surface area (Å²) in [6.45, 7) is 4.89. The number of hydrogen-bond donors (Lipinski definition) is 1. The lowest BCUT2D eigenvalue weighted by molar-refractivity contribution is 0.275. The van der Waals surface area contributed by atoms with E-state index < -0.39 is 0 Å². The van der Waals surface area contributed by atoms with Gasteiger partial charge >= 0.3 is 0 Å². The van der Waals surface area contributed by atoms with Gasteiger partial charge in [0, 0.05) is 0 Å². The number of aliphatic hydroxyl groups excluding tert-OH is 1. The Labute approximate surface area is 107 Å². The molecule has 0 aliphatic carbocycles. The molecule has 0 atom stereocenters. The van der Waals surface area contributed by atoms with Gasteiger partial charge in [-0.25, -0.2) is 4.68 Å². The first-order chi connectivity index (χ1) is 8.76. The van der Waals surface area contributed by atoms with Crippen LogP contribution in [0.5, 0.6) is 0 Å². The van der Waals surface area contributed by atoms with Gasteiger partial charge in [0.1, 0.15) is 5.69 Å². The van der Waals surface area contributed by atoms with E-state index in [0.29, 0.717) is 5.69 Å². The molecule has 2 rings (SSSR count). The van der Waals surface area contributed by atoms with E-state index in [-0.39, 0.29) is 6.61 Å². The third-order valence-corrected chi connectivity index (χ3v) is 3.14. The molecule has 0 unspecified atom stereocenters. The van der Waals surface area contributed by atoms with Crippen molar-refractivity contribution in [3.05, 3.63) is 46.8 Å². The minimum Gasteiger partial charge on any atom is -0.390 e. The largest absolute Gasteiger partial charge is 0.390 e. The molecule has 0 radical (unpaired) electrons. The standard InChI is InChI=1S/C14H19N3O/c1-3-6-14-13(10-18)15-16-17(14)9-12-8-5-4-7-11(12)2/h4-5,7-8,18H,3,6,9-10H2,1-2H3. The van der Waals surface area contributed by atoms with Gasteiger partial charge in [0.2, 0.25) is 0 Å². The molecule has 4 nitrogen and oxygen atoms in total. The van der Waals surface area contributed by atoms with Crippen molar-refractivity contribution in [1.29, 1.82) is 0 Å². The van der Waals surface area contributed by atoms with Gasteiger partial charge in [-0.15, -0.1) is 5.10 Å². The van der Waals surface area contributed by atoms with Gasteiger partial charge in [0.25, 0.3) is 0 Å². The van der Waals surface area contributed by atoms with Gasteiger partial charge in [0.05, 0.1) is 18.8 Å². The number of nitrogens with zero attached hydrogens (tertiary/aromatic N) is 3. The average molecular weight is 245 g/mol. The Kier molecular flexibility index (Phi) is 4.10. The number of benzene rings is 1. The van der Waals surface area contributed by atoms with Crippen LogP contribution in [-0.4, -0.2) is 20.1 Å². The van der Waals surface area contributed by atoms with E-state index in [1.54, 1.807) is 0 Å². The second-order valence-electron chi connectivity index (χ2n) is 4.48. The molecule has 0 aliphatic rings. The van der Waals surface area contributed by atoms with Crippen LogP contribution in [-0.2, 0) is 19.6 Å². The van der Waals surface area contributed by atoms with E-state index in [0.717, 1.165) is 25.1 Å². The van der Waals surface area contributed by atoms with Crippen molar-refractivity contribution in [1.82, 2.24) is 15.0 Å². The summed E-state index contributed by atoms with van der Waals surface area (Å²) < 4.78 is 1.90. The molecule has 18 heavy (non-hydrogen) atoms. The van der Waals surface area contributed by atoms with E-state index in [2.05, 4.69) is 36.3 Å². The normalized spacial score (nSPS) is 10.8. The van der Waals surface area contributed by atoms with Crippen LogP contribution in [0, 0.1) is 6.92 Å². The number of rotatable bonds is 5. The summed E-state index contributed by atoms with van der Waals surface area (Å²) in [4.78, 5) is 0. The lowest BCUT2D eigenvalue weighted by Crippen LogP contribution is -2.08. The highest BCUT2D eigenvalue weighted by Crippen LogP contribution is 2.13.